The zero-order valence-electron chi connectivity index (χ0n) is 9.45. The van der Waals surface area contributed by atoms with Gasteiger partial charge in [0.1, 0.15) is 11.5 Å². The van der Waals surface area contributed by atoms with Crippen LogP contribution in [0.2, 0.25) is 0 Å². The van der Waals surface area contributed by atoms with Gasteiger partial charge < -0.3 is 15.2 Å². The Kier molecular flexibility index (Phi) is 4.98. The summed E-state index contributed by atoms with van der Waals surface area (Å²) in [6.07, 6.45) is 0.882. The number of benzene rings is 1. The van der Waals surface area contributed by atoms with Gasteiger partial charge in [0.25, 0.3) is 0 Å². The van der Waals surface area contributed by atoms with Gasteiger partial charge in [-0.3, -0.25) is 0 Å². The molecule has 0 amide bonds. The van der Waals surface area contributed by atoms with Crippen LogP contribution < -0.4 is 15.2 Å². The fourth-order valence-corrected chi connectivity index (χ4v) is 1.31. The molecule has 3 nitrogen and oxygen atoms in total. The van der Waals surface area contributed by atoms with Crippen molar-refractivity contribution >= 4 is 0 Å². The highest BCUT2D eigenvalue weighted by Crippen LogP contribution is 2.23. The van der Waals surface area contributed by atoms with Crippen LogP contribution in [0.5, 0.6) is 11.5 Å². The molecular weight excluding hydrogens is 190 g/mol. The molecule has 0 unspecified atom stereocenters. The lowest BCUT2D eigenvalue weighted by Gasteiger charge is -2.10. The fourth-order valence-electron chi connectivity index (χ4n) is 1.31. The van der Waals surface area contributed by atoms with Gasteiger partial charge in [0, 0.05) is 0 Å². The average molecular weight is 209 g/mol. The van der Waals surface area contributed by atoms with Crippen LogP contribution >= 0.6 is 0 Å². The number of aryl methyl sites for hydroxylation is 1. The predicted molar refractivity (Wildman–Crippen MR) is 61.5 cm³/mol. The normalized spacial score (nSPS) is 10.1. The Bertz CT molecular complexity index is 300. The number of nitrogens with two attached hydrogens (primary N) is 1. The smallest absolute Gasteiger partial charge is 0.122 e. The van der Waals surface area contributed by atoms with Gasteiger partial charge in [0.05, 0.1) is 13.2 Å². The van der Waals surface area contributed by atoms with E-state index < -0.39 is 0 Å². The summed E-state index contributed by atoms with van der Waals surface area (Å²) in [6, 6.07) is 5.85. The highest BCUT2D eigenvalue weighted by molar-refractivity contribution is 5.39. The molecule has 15 heavy (non-hydrogen) atoms. The largest absolute Gasteiger partial charge is 0.494 e. The van der Waals surface area contributed by atoms with Gasteiger partial charge in [0.15, 0.2) is 0 Å². The monoisotopic (exact) mass is 209 g/mol. The predicted octanol–water partition coefficient (Wildman–Crippen LogP) is 2.12. The van der Waals surface area contributed by atoms with Crippen molar-refractivity contribution in [1.82, 2.24) is 0 Å². The van der Waals surface area contributed by atoms with Crippen LogP contribution in [-0.2, 0) is 0 Å². The highest BCUT2D eigenvalue weighted by Gasteiger charge is 2.01. The van der Waals surface area contributed by atoms with Gasteiger partial charge in [0.2, 0.25) is 0 Å². The zero-order chi connectivity index (χ0) is 11.1. The minimum atomic E-state index is 0.663. The van der Waals surface area contributed by atoms with Crippen molar-refractivity contribution in [1.29, 1.82) is 0 Å². The third-order valence-electron chi connectivity index (χ3n) is 2.06. The molecule has 3 heteroatoms. The molecule has 2 N–H and O–H groups in total. The molecular formula is C12H19NO2. The molecule has 1 rings (SSSR count). The summed E-state index contributed by atoms with van der Waals surface area (Å²) in [5, 5.41) is 0. The molecule has 1 aromatic rings. The van der Waals surface area contributed by atoms with Crippen molar-refractivity contribution in [3.63, 3.8) is 0 Å². The lowest BCUT2D eigenvalue weighted by atomic mass is 10.2. The van der Waals surface area contributed by atoms with E-state index in [1.165, 1.54) is 0 Å². The van der Waals surface area contributed by atoms with E-state index in [-0.39, 0.29) is 0 Å². The summed E-state index contributed by atoms with van der Waals surface area (Å²) in [4.78, 5) is 0. The number of rotatable bonds is 6. The molecule has 0 saturated heterocycles. The quantitative estimate of drug-likeness (QED) is 0.730. The van der Waals surface area contributed by atoms with Crippen molar-refractivity contribution < 1.29 is 9.47 Å². The fraction of sp³-hybridized carbons (Fsp3) is 0.500. The molecule has 0 aliphatic heterocycles. The van der Waals surface area contributed by atoms with Crippen LogP contribution in [0.1, 0.15) is 18.9 Å². The van der Waals surface area contributed by atoms with Crippen LogP contribution in [0.25, 0.3) is 0 Å². The first-order valence-corrected chi connectivity index (χ1v) is 5.34. The van der Waals surface area contributed by atoms with Crippen molar-refractivity contribution in [3.05, 3.63) is 23.8 Å². The molecule has 1 aromatic carbocycles. The van der Waals surface area contributed by atoms with Gasteiger partial charge in [-0.2, -0.15) is 0 Å². The molecule has 0 aromatic heterocycles. The Hall–Kier alpha value is -1.22. The van der Waals surface area contributed by atoms with E-state index in [9.17, 15) is 0 Å². The van der Waals surface area contributed by atoms with E-state index in [1.807, 2.05) is 32.0 Å². The summed E-state index contributed by atoms with van der Waals surface area (Å²) in [6.45, 7) is 6.01. The molecule has 0 saturated carbocycles. The van der Waals surface area contributed by atoms with Crippen molar-refractivity contribution in [2.45, 2.75) is 20.3 Å². The first-order chi connectivity index (χ1) is 7.27. The lowest BCUT2D eigenvalue weighted by molar-refractivity contribution is 0.308. The maximum atomic E-state index is 5.57. The SMILES string of the molecule is CCOc1ccc(OCCCN)c(C)c1. The summed E-state index contributed by atoms with van der Waals surface area (Å²) < 4.78 is 11.0. The second-order valence-electron chi connectivity index (χ2n) is 3.35. The topological polar surface area (TPSA) is 44.5 Å². The Morgan fingerprint density at radius 1 is 1.27 bits per heavy atom. The van der Waals surface area contributed by atoms with Gasteiger partial charge in [-0.25, -0.2) is 0 Å². The third kappa shape index (κ3) is 3.80. The van der Waals surface area contributed by atoms with Crippen LogP contribution in [-0.4, -0.2) is 19.8 Å². The second kappa shape index (κ2) is 6.30. The van der Waals surface area contributed by atoms with E-state index in [4.69, 9.17) is 15.2 Å². The van der Waals surface area contributed by atoms with E-state index in [0.717, 1.165) is 23.5 Å². The molecule has 0 bridgehead atoms. The van der Waals surface area contributed by atoms with Gasteiger partial charge in [-0.05, 0) is 50.6 Å². The summed E-state index contributed by atoms with van der Waals surface area (Å²) in [7, 11) is 0. The zero-order valence-corrected chi connectivity index (χ0v) is 9.45. The second-order valence-corrected chi connectivity index (χ2v) is 3.35. The van der Waals surface area contributed by atoms with Crippen LogP contribution in [0.4, 0.5) is 0 Å². The van der Waals surface area contributed by atoms with E-state index in [2.05, 4.69) is 0 Å². The molecule has 0 atom stereocenters. The van der Waals surface area contributed by atoms with Gasteiger partial charge in [-0.1, -0.05) is 0 Å². The summed E-state index contributed by atoms with van der Waals surface area (Å²) in [5.41, 5.74) is 6.49. The molecule has 84 valence electrons. The van der Waals surface area contributed by atoms with Crippen LogP contribution in [0.15, 0.2) is 18.2 Å². The summed E-state index contributed by atoms with van der Waals surface area (Å²) in [5.74, 6) is 1.80. The Balaban J connectivity index is 2.58. The number of ether oxygens (including phenoxy) is 2. The maximum Gasteiger partial charge on any atom is 0.122 e. The summed E-state index contributed by atoms with van der Waals surface area (Å²) >= 11 is 0. The Labute approximate surface area is 91.2 Å². The Morgan fingerprint density at radius 2 is 2.07 bits per heavy atom. The molecule has 0 heterocycles. The molecule has 0 aliphatic rings. The van der Waals surface area contributed by atoms with Gasteiger partial charge >= 0.3 is 0 Å². The minimum absolute atomic E-state index is 0.663. The van der Waals surface area contributed by atoms with Crippen molar-refractivity contribution in [2.24, 2.45) is 5.73 Å². The third-order valence-corrected chi connectivity index (χ3v) is 2.06. The maximum absolute atomic E-state index is 5.57. The Morgan fingerprint density at radius 3 is 2.67 bits per heavy atom. The van der Waals surface area contributed by atoms with Crippen molar-refractivity contribution in [3.8, 4) is 11.5 Å². The average Bonchev–Trinajstić information content (AvgIpc) is 2.22. The van der Waals surface area contributed by atoms with E-state index in [1.54, 1.807) is 0 Å². The van der Waals surface area contributed by atoms with E-state index >= 15 is 0 Å². The minimum Gasteiger partial charge on any atom is -0.494 e. The highest BCUT2D eigenvalue weighted by atomic mass is 16.5. The number of hydrogen-bond donors (Lipinski definition) is 1. The van der Waals surface area contributed by atoms with Crippen LogP contribution in [0.3, 0.4) is 0 Å². The first kappa shape index (κ1) is 11.9. The standard InChI is InChI=1S/C12H19NO2/c1-3-14-11-5-6-12(10(2)9-11)15-8-4-7-13/h5-6,9H,3-4,7-8,13H2,1-2H3. The molecule has 0 aliphatic carbocycles. The van der Waals surface area contributed by atoms with Crippen LogP contribution in [0, 0.1) is 6.92 Å². The first-order valence-electron chi connectivity index (χ1n) is 5.34. The van der Waals surface area contributed by atoms with Gasteiger partial charge in [-0.15, -0.1) is 0 Å². The lowest BCUT2D eigenvalue weighted by Crippen LogP contribution is -2.06. The molecule has 0 radical (unpaired) electrons. The molecule has 0 spiro atoms. The number of hydrogen-bond acceptors (Lipinski definition) is 3. The van der Waals surface area contributed by atoms with Crippen molar-refractivity contribution in [2.75, 3.05) is 19.8 Å². The molecule has 0 fully saturated rings. The van der Waals surface area contributed by atoms with E-state index in [0.29, 0.717) is 19.8 Å².